The van der Waals surface area contributed by atoms with Crippen molar-refractivity contribution in [3.63, 3.8) is 0 Å². The fraction of sp³-hybridized carbons (Fsp3) is 0.333. The highest BCUT2D eigenvalue weighted by Gasteiger charge is 2.34. The van der Waals surface area contributed by atoms with Gasteiger partial charge in [0.1, 0.15) is 6.04 Å². The van der Waals surface area contributed by atoms with E-state index in [4.69, 9.17) is 0 Å². The molecule has 3 aromatic rings. The Hall–Kier alpha value is -3.52. The van der Waals surface area contributed by atoms with Crippen molar-refractivity contribution in [2.45, 2.75) is 57.5 Å². The molecule has 1 aliphatic carbocycles. The van der Waals surface area contributed by atoms with Gasteiger partial charge in [0.25, 0.3) is 0 Å². The van der Waals surface area contributed by atoms with Gasteiger partial charge in [-0.05, 0) is 37.5 Å². The highest BCUT2D eigenvalue weighted by molar-refractivity contribution is 7.13. The number of rotatable bonds is 9. The van der Waals surface area contributed by atoms with Gasteiger partial charge in [0.2, 0.25) is 17.7 Å². The molecule has 2 aromatic carbocycles. The van der Waals surface area contributed by atoms with Gasteiger partial charge in [-0.3, -0.25) is 19.3 Å². The van der Waals surface area contributed by atoms with Crippen LogP contribution >= 0.6 is 11.3 Å². The topological polar surface area (TPSA) is 91.4 Å². The zero-order chi connectivity index (χ0) is 24.6. The van der Waals surface area contributed by atoms with Gasteiger partial charge >= 0.3 is 0 Å². The summed E-state index contributed by atoms with van der Waals surface area (Å²) in [5, 5.41) is 8.28. The second-order valence-corrected chi connectivity index (χ2v) is 9.60. The van der Waals surface area contributed by atoms with E-state index in [0.29, 0.717) is 10.8 Å². The van der Waals surface area contributed by atoms with Crippen LogP contribution in [-0.4, -0.2) is 28.7 Å². The van der Waals surface area contributed by atoms with E-state index in [9.17, 15) is 14.4 Å². The van der Waals surface area contributed by atoms with Crippen LogP contribution in [-0.2, 0) is 14.4 Å². The SMILES string of the molecule is Cc1csc(NC(=O)CCC(=O)N(c2ccccc2)C(C(=O)NC2CCCC2)c2ccccc2)n1. The number of para-hydroxylation sites is 1. The van der Waals surface area contributed by atoms with Crippen LogP contribution < -0.4 is 15.5 Å². The van der Waals surface area contributed by atoms with E-state index in [-0.39, 0.29) is 36.6 Å². The number of nitrogens with zero attached hydrogens (tertiary/aromatic N) is 2. The van der Waals surface area contributed by atoms with Gasteiger partial charge in [-0.25, -0.2) is 4.98 Å². The van der Waals surface area contributed by atoms with Crippen LogP contribution in [0.5, 0.6) is 0 Å². The Labute approximate surface area is 209 Å². The van der Waals surface area contributed by atoms with E-state index >= 15 is 0 Å². The molecule has 1 saturated carbocycles. The first-order chi connectivity index (χ1) is 17.0. The predicted octanol–water partition coefficient (Wildman–Crippen LogP) is 5.00. The standard InChI is InChI=1S/C27H30N4O3S/c1-19-18-35-27(28-19)30-23(32)16-17-24(33)31(22-14-6-3-7-15-22)25(20-10-4-2-5-11-20)26(34)29-21-12-8-9-13-21/h2-7,10-11,14-15,18,21,25H,8-9,12-13,16-17H2,1H3,(H,29,34)(H,28,30,32). The van der Waals surface area contributed by atoms with Gasteiger partial charge in [0, 0.05) is 30.0 Å². The number of hydrogen-bond acceptors (Lipinski definition) is 5. The first-order valence-electron chi connectivity index (χ1n) is 12.0. The van der Waals surface area contributed by atoms with Gasteiger partial charge in [0.05, 0.1) is 5.69 Å². The molecule has 1 unspecified atom stereocenters. The molecule has 1 aliphatic rings. The molecule has 0 saturated heterocycles. The normalized spacial score (nSPS) is 14.3. The van der Waals surface area contributed by atoms with Crippen LogP contribution in [0.25, 0.3) is 0 Å². The van der Waals surface area contributed by atoms with Crippen molar-refractivity contribution < 1.29 is 14.4 Å². The number of carbonyl (C=O) groups excluding carboxylic acids is 3. The Morgan fingerprint density at radius 3 is 2.29 bits per heavy atom. The number of anilines is 2. The fourth-order valence-electron chi connectivity index (χ4n) is 4.36. The van der Waals surface area contributed by atoms with E-state index in [0.717, 1.165) is 36.9 Å². The summed E-state index contributed by atoms with van der Waals surface area (Å²) >= 11 is 1.35. The van der Waals surface area contributed by atoms with Crippen LogP contribution in [0.3, 0.4) is 0 Å². The lowest BCUT2D eigenvalue weighted by Gasteiger charge is -2.32. The summed E-state index contributed by atoms with van der Waals surface area (Å²) in [6, 6.07) is 17.8. The molecule has 1 fully saturated rings. The van der Waals surface area contributed by atoms with Crippen molar-refractivity contribution in [1.82, 2.24) is 10.3 Å². The molecule has 8 heteroatoms. The molecular weight excluding hydrogens is 460 g/mol. The number of carbonyl (C=O) groups is 3. The maximum absolute atomic E-state index is 13.6. The molecule has 0 aliphatic heterocycles. The number of hydrogen-bond donors (Lipinski definition) is 2. The summed E-state index contributed by atoms with van der Waals surface area (Å²) in [6.07, 6.45) is 4.04. The molecule has 3 amide bonds. The number of benzene rings is 2. The smallest absolute Gasteiger partial charge is 0.248 e. The second-order valence-electron chi connectivity index (χ2n) is 8.74. The number of amides is 3. The molecule has 1 heterocycles. The molecule has 182 valence electrons. The molecule has 7 nitrogen and oxygen atoms in total. The van der Waals surface area contributed by atoms with Crippen molar-refractivity contribution >= 4 is 39.9 Å². The summed E-state index contributed by atoms with van der Waals surface area (Å²) in [7, 11) is 0. The van der Waals surface area contributed by atoms with Crippen LogP contribution in [0.15, 0.2) is 66.0 Å². The van der Waals surface area contributed by atoms with Gasteiger partial charge < -0.3 is 10.6 Å². The summed E-state index contributed by atoms with van der Waals surface area (Å²) in [5.41, 5.74) is 2.17. The van der Waals surface area contributed by atoms with E-state index < -0.39 is 6.04 Å². The van der Waals surface area contributed by atoms with E-state index in [2.05, 4.69) is 15.6 Å². The minimum absolute atomic E-state index is 0.00739. The number of aryl methyl sites for hydroxylation is 1. The Balaban J connectivity index is 1.57. The van der Waals surface area contributed by atoms with Crippen LogP contribution in [0.2, 0.25) is 0 Å². The van der Waals surface area contributed by atoms with Gasteiger partial charge in [-0.1, -0.05) is 61.4 Å². The molecule has 1 aromatic heterocycles. The molecule has 2 N–H and O–H groups in total. The monoisotopic (exact) mass is 490 g/mol. The first-order valence-corrected chi connectivity index (χ1v) is 12.8. The maximum atomic E-state index is 13.6. The largest absolute Gasteiger partial charge is 0.351 e. The zero-order valence-electron chi connectivity index (χ0n) is 19.8. The van der Waals surface area contributed by atoms with E-state index in [1.54, 1.807) is 0 Å². The lowest BCUT2D eigenvalue weighted by molar-refractivity contribution is -0.127. The summed E-state index contributed by atoms with van der Waals surface area (Å²) < 4.78 is 0. The summed E-state index contributed by atoms with van der Waals surface area (Å²) in [6.45, 7) is 1.85. The summed E-state index contributed by atoms with van der Waals surface area (Å²) in [5.74, 6) is -0.785. The van der Waals surface area contributed by atoms with E-state index in [1.807, 2.05) is 73.0 Å². The Morgan fingerprint density at radius 1 is 1.00 bits per heavy atom. The number of nitrogens with one attached hydrogen (secondary N) is 2. The Morgan fingerprint density at radius 2 is 1.66 bits per heavy atom. The predicted molar refractivity (Wildman–Crippen MR) is 138 cm³/mol. The van der Waals surface area contributed by atoms with Crippen molar-refractivity contribution in [3.8, 4) is 0 Å². The third-order valence-electron chi connectivity index (χ3n) is 6.06. The number of aromatic nitrogens is 1. The third-order valence-corrected chi connectivity index (χ3v) is 6.93. The number of thiazole rings is 1. The second kappa shape index (κ2) is 11.8. The minimum atomic E-state index is -0.837. The highest BCUT2D eigenvalue weighted by atomic mass is 32.1. The molecule has 0 radical (unpaired) electrons. The zero-order valence-corrected chi connectivity index (χ0v) is 20.6. The molecule has 1 atom stereocenters. The highest BCUT2D eigenvalue weighted by Crippen LogP contribution is 2.30. The summed E-state index contributed by atoms with van der Waals surface area (Å²) in [4.78, 5) is 45.5. The minimum Gasteiger partial charge on any atom is -0.351 e. The maximum Gasteiger partial charge on any atom is 0.248 e. The van der Waals surface area contributed by atoms with Crippen LogP contribution in [0.1, 0.15) is 55.8 Å². The quantitative estimate of drug-likeness (QED) is 0.441. The Kier molecular flexibility index (Phi) is 8.26. The van der Waals surface area contributed by atoms with Crippen molar-refractivity contribution in [2.24, 2.45) is 0 Å². The fourth-order valence-corrected chi connectivity index (χ4v) is 5.07. The van der Waals surface area contributed by atoms with Crippen molar-refractivity contribution in [3.05, 3.63) is 77.3 Å². The average Bonchev–Trinajstić information content (AvgIpc) is 3.53. The Bertz CT molecular complexity index is 1140. The lowest BCUT2D eigenvalue weighted by Crippen LogP contribution is -2.46. The lowest BCUT2D eigenvalue weighted by atomic mass is 10.0. The molecule has 4 rings (SSSR count). The first kappa shape index (κ1) is 24.6. The average molecular weight is 491 g/mol. The van der Waals surface area contributed by atoms with Gasteiger partial charge in [-0.15, -0.1) is 11.3 Å². The van der Waals surface area contributed by atoms with Crippen molar-refractivity contribution in [2.75, 3.05) is 10.2 Å². The molecular formula is C27H30N4O3S. The molecule has 0 bridgehead atoms. The van der Waals surface area contributed by atoms with E-state index in [1.165, 1.54) is 16.2 Å². The molecule has 0 spiro atoms. The van der Waals surface area contributed by atoms with Gasteiger partial charge in [-0.2, -0.15) is 0 Å². The molecule has 35 heavy (non-hydrogen) atoms. The van der Waals surface area contributed by atoms with Crippen LogP contribution in [0, 0.1) is 6.92 Å². The third kappa shape index (κ3) is 6.54. The van der Waals surface area contributed by atoms with Gasteiger partial charge in [0.15, 0.2) is 5.13 Å². The van der Waals surface area contributed by atoms with Crippen molar-refractivity contribution in [1.29, 1.82) is 0 Å². The van der Waals surface area contributed by atoms with Crippen LogP contribution in [0.4, 0.5) is 10.8 Å².